The normalized spacial score (nSPS) is 10.1. The third-order valence-corrected chi connectivity index (χ3v) is 5.31. The van der Waals surface area contributed by atoms with E-state index in [1.54, 1.807) is 30.5 Å². The summed E-state index contributed by atoms with van der Waals surface area (Å²) in [4.78, 5) is 18.9. The van der Waals surface area contributed by atoms with Gasteiger partial charge in [0.25, 0.3) is 5.91 Å². The molecule has 4 rings (SSSR count). The molecule has 0 fully saturated rings. The van der Waals surface area contributed by atoms with Crippen molar-refractivity contribution in [3.63, 3.8) is 0 Å². The number of halogens is 2. The average molecular weight is 515 g/mol. The van der Waals surface area contributed by atoms with E-state index in [4.69, 9.17) is 0 Å². The van der Waals surface area contributed by atoms with Gasteiger partial charge in [-0.05, 0) is 60.7 Å². The second kappa shape index (κ2) is 13.5. The van der Waals surface area contributed by atoms with Crippen LogP contribution in [0.3, 0.4) is 0 Å². The predicted molar refractivity (Wildman–Crippen MR) is 147 cm³/mol. The van der Waals surface area contributed by atoms with Gasteiger partial charge in [-0.2, -0.15) is 0 Å². The first-order chi connectivity index (χ1) is 16.2. The fourth-order valence-electron chi connectivity index (χ4n) is 3.64. The van der Waals surface area contributed by atoms with Crippen LogP contribution in [0.15, 0.2) is 85.1 Å². The predicted octanol–water partition coefficient (Wildman–Crippen LogP) is 4.87. The van der Waals surface area contributed by atoms with Gasteiger partial charge in [-0.25, -0.2) is 0 Å². The molecule has 35 heavy (non-hydrogen) atoms. The molecular weight excluding hydrogens is 487 g/mol. The Balaban J connectivity index is 0.00000216. The lowest BCUT2D eigenvalue weighted by Gasteiger charge is -2.23. The summed E-state index contributed by atoms with van der Waals surface area (Å²) in [5.74, 6) is -0.203. The molecule has 0 saturated carbocycles. The number of carbonyl (C=O) groups excluding carboxylic acids is 1. The van der Waals surface area contributed by atoms with Crippen LogP contribution in [-0.4, -0.2) is 47.4 Å². The Labute approximate surface area is 216 Å². The average Bonchev–Trinajstić information content (AvgIpc) is 2.85. The van der Waals surface area contributed by atoms with E-state index in [9.17, 15) is 15.0 Å². The van der Waals surface area contributed by atoms with E-state index >= 15 is 0 Å². The summed E-state index contributed by atoms with van der Waals surface area (Å²) < 4.78 is 0. The lowest BCUT2D eigenvalue weighted by molar-refractivity contribution is 0.102. The Hall–Kier alpha value is -3.36. The Morgan fingerprint density at radius 2 is 1.43 bits per heavy atom. The van der Waals surface area contributed by atoms with Crippen LogP contribution in [0.4, 0.5) is 22.7 Å². The van der Waals surface area contributed by atoms with Gasteiger partial charge < -0.3 is 25.7 Å². The first kappa shape index (κ1) is 27.9. The molecule has 0 aliphatic rings. The van der Waals surface area contributed by atoms with Crippen molar-refractivity contribution in [2.45, 2.75) is 0 Å². The zero-order valence-corrected chi connectivity index (χ0v) is 20.6. The molecule has 0 spiro atoms. The number of benzene rings is 3. The van der Waals surface area contributed by atoms with Gasteiger partial charge in [0.05, 0.1) is 18.7 Å². The number of carbonyl (C=O) groups is 1. The molecule has 0 aliphatic heterocycles. The van der Waals surface area contributed by atoms with E-state index in [0.717, 1.165) is 28.0 Å². The first-order valence-corrected chi connectivity index (χ1v) is 10.8. The van der Waals surface area contributed by atoms with Gasteiger partial charge in [-0.3, -0.25) is 9.78 Å². The number of nitrogens with zero attached hydrogens (tertiary/aromatic N) is 2. The van der Waals surface area contributed by atoms with Gasteiger partial charge in [0.15, 0.2) is 0 Å². The molecule has 9 heteroatoms. The molecule has 7 nitrogen and oxygen atoms in total. The van der Waals surface area contributed by atoms with Crippen LogP contribution in [0, 0.1) is 0 Å². The van der Waals surface area contributed by atoms with Crippen LogP contribution in [0.2, 0.25) is 0 Å². The molecular formula is C26H28Cl2N4O3. The number of hydrogen-bond acceptors (Lipinski definition) is 6. The number of pyridine rings is 1. The third-order valence-electron chi connectivity index (χ3n) is 5.31. The maximum atomic E-state index is 12.7. The smallest absolute Gasteiger partial charge is 0.255 e. The summed E-state index contributed by atoms with van der Waals surface area (Å²) >= 11 is 0. The maximum Gasteiger partial charge on any atom is 0.255 e. The summed E-state index contributed by atoms with van der Waals surface area (Å²) in [5, 5.41) is 25.7. The molecule has 0 bridgehead atoms. The molecule has 4 N–H and O–H groups in total. The monoisotopic (exact) mass is 514 g/mol. The number of aliphatic hydroxyl groups excluding tert-OH is 2. The molecule has 3 aromatic carbocycles. The molecule has 1 heterocycles. The van der Waals surface area contributed by atoms with Crippen molar-refractivity contribution in [2.24, 2.45) is 0 Å². The summed E-state index contributed by atoms with van der Waals surface area (Å²) in [7, 11) is 0. The Bertz CT molecular complexity index is 1210. The highest BCUT2D eigenvalue weighted by molar-refractivity contribution is 6.04. The van der Waals surface area contributed by atoms with Crippen molar-refractivity contribution in [1.29, 1.82) is 0 Å². The van der Waals surface area contributed by atoms with Crippen molar-refractivity contribution < 1.29 is 15.0 Å². The summed E-state index contributed by atoms with van der Waals surface area (Å²) in [6.45, 7) is 0.866. The molecule has 0 radical (unpaired) electrons. The number of rotatable bonds is 9. The molecule has 0 atom stereocenters. The van der Waals surface area contributed by atoms with Gasteiger partial charge in [-0.1, -0.05) is 18.2 Å². The number of aromatic nitrogens is 1. The zero-order valence-electron chi connectivity index (χ0n) is 18.9. The minimum Gasteiger partial charge on any atom is -0.395 e. The van der Waals surface area contributed by atoms with Gasteiger partial charge in [0.1, 0.15) is 0 Å². The highest BCUT2D eigenvalue weighted by atomic mass is 35.5. The number of amides is 1. The van der Waals surface area contributed by atoms with E-state index in [-0.39, 0.29) is 43.9 Å². The SMILES string of the molecule is Cl.Cl.O=C(Nc1ccc(N(CCO)CCO)cc1)c1ccc(Nc2ccnc3ccccc23)cc1. The summed E-state index contributed by atoms with van der Waals surface area (Å²) in [6, 6.07) is 24.5. The number of nitrogens with one attached hydrogen (secondary N) is 2. The second-order valence-corrected chi connectivity index (χ2v) is 7.51. The Kier molecular flexibility index (Phi) is 10.8. The van der Waals surface area contributed by atoms with Crippen molar-refractivity contribution in [3.05, 3.63) is 90.6 Å². The van der Waals surface area contributed by atoms with Gasteiger partial charge in [-0.15, -0.1) is 24.8 Å². The lowest BCUT2D eigenvalue weighted by atomic mass is 10.1. The van der Waals surface area contributed by atoms with E-state index in [1.807, 2.05) is 59.5 Å². The maximum absolute atomic E-state index is 12.7. The van der Waals surface area contributed by atoms with Gasteiger partial charge in [0, 0.05) is 53.0 Å². The Morgan fingerprint density at radius 3 is 2.09 bits per heavy atom. The fraction of sp³-hybridized carbons (Fsp3) is 0.154. The quantitative estimate of drug-likeness (QED) is 0.254. The second-order valence-electron chi connectivity index (χ2n) is 7.51. The standard InChI is InChI=1S/C26H26N4O3.2ClH/c31-17-15-30(16-18-32)22-11-9-21(10-12-22)29-26(33)19-5-7-20(8-6-19)28-25-13-14-27-24-4-2-1-3-23(24)25;;/h1-14,31-32H,15-18H2,(H,27,28)(H,29,33);2*1H. The van der Waals surface area contributed by atoms with Crippen molar-refractivity contribution in [3.8, 4) is 0 Å². The van der Waals surface area contributed by atoms with Crippen molar-refractivity contribution >= 4 is 64.4 Å². The number of fused-ring (bicyclic) bond motifs is 1. The molecule has 0 aliphatic carbocycles. The molecule has 1 amide bonds. The number of para-hydroxylation sites is 1. The van der Waals surface area contributed by atoms with Crippen LogP contribution < -0.4 is 15.5 Å². The molecule has 4 aromatic rings. The minimum absolute atomic E-state index is 0. The summed E-state index contributed by atoms with van der Waals surface area (Å²) in [5.41, 5.74) is 4.83. The molecule has 184 valence electrons. The molecule has 1 aromatic heterocycles. The number of aliphatic hydroxyl groups is 2. The lowest BCUT2D eigenvalue weighted by Crippen LogP contribution is -2.29. The van der Waals surface area contributed by atoms with Gasteiger partial charge >= 0.3 is 0 Å². The highest BCUT2D eigenvalue weighted by Crippen LogP contribution is 2.25. The van der Waals surface area contributed by atoms with Gasteiger partial charge in [0.2, 0.25) is 0 Å². The van der Waals surface area contributed by atoms with E-state index < -0.39 is 0 Å². The first-order valence-electron chi connectivity index (χ1n) is 10.8. The van der Waals surface area contributed by atoms with Crippen LogP contribution in [0.25, 0.3) is 10.9 Å². The third kappa shape index (κ3) is 7.07. The van der Waals surface area contributed by atoms with Crippen LogP contribution in [0.1, 0.15) is 10.4 Å². The molecule has 0 saturated heterocycles. The van der Waals surface area contributed by atoms with Crippen molar-refractivity contribution in [1.82, 2.24) is 4.98 Å². The van der Waals surface area contributed by atoms with E-state index in [1.165, 1.54) is 0 Å². The summed E-state index contributed by atoms with van der Waals surface area (Å²) in [6.07, 6.45) is 1.77. The molecule has 0 unspecified atom stereocenters. The van der Waals surface area contributed by atoms with Crippen LogP contribution in [-0.2, 0) is 0 Å². The largest absolute Gasteiger partial charge is 0.395 e. The van der Waals surface area contributed by atoms with Crippen molar-refractivity contribution in [2.75, 3.05) is 41.8 Å². The highest BCUT2D eigenvalue weighted by Gasteiger charge is 2.09. The number of anilines is 4. The topological polar surface area (TPSA) is 97.7 Å². The van der Waals surface area contributed by atoms with E-state index in [0.29, 0.717) is 24.3 Å². The minimum atomic E-state index is -0.203. The van der Waals surface area contributed by atoms with Crippen LogP contribution in [0.5, 0.6) is 0 Å². The zero-order chi connectivity index (χ0) is 23.0. The van der Waals surface area contributed by atoms with Crippen LogP contribution >= 0.6 is 24.8 Å². The fourth-order valence-corrected chi connectivity index (χ4v) is 3.64. The Morgan fingerprint density at radius 1 is 0.800 bits per heavy atom. The van der Waals surface area contributed by atoms with E-state index in [2.05, 4.69) is 15.6 Å². The number of hydrogen-bond donors (Lipinski definition) is 4.